The van der Waals surface area contributed by atoms with Crippen LogP contribution in [0.4, 0.5) is 9.52 Å². The number of halogens is 1. The van der Waals surface area contributed by atoms with Crippen LogP contribution in [0.25, 0.3) is 11.3 Å². The zero-order valence-electron chi connectivity index (χ0n) is 16.2. The molecule has 0 saturated carbocycles. The Morgan fingerprint density at radius 2 is 1.77 bits per heavy atom. The van der Waals surface area contributed by atoms with Crippen molar-refractivity contribution in [2.24, 2.45) is 5.10 Å². The number of hydrazone groups is 1. The van der Waals surface area contributed by atoms with Crippen LogP contribution in [0.2, 0.25) is 0 Å². The van der Waals surface area contributed by atoms with Crippen molar-refractivity contribution in [3.05, 3.63) is 87.7 Å². The number of nitrogens with zero attached hydrogens (tertiary/aromatic N) is 3. The predicted octanol–water partition coefficient (Wildman–Crippen LogP) is 6.38. The molecule has 0 fully saturated rings. The van der Waals surface area contributed by atoms with E-state index in [1.54, 1.807) is 41.9 Å². The molecule has 1 atom stereocenters. The third kappa shape index (κ3) is 3.62. The summed E-state index contributed by atoms with van der Waals surface area (Å²) in [7, 11) is 1.66. The Hall–Kier alpha value is -3.03. The zero-order valence-corrected chi connectivity index (χ0v) is 17.8. The van der Waals surface area contributed by atoms with Crippen LogP contribution in [-0.4, -0.2) is 17.8 Å². The lowest BCUT2D eigenvalue weighted by Gasteiger charge is -2.19. The van der Waals surface area contributed by atoms with Gasteiger partial charge in [0.25, 0.3) is 0 Å². The van der Waals surface area contributed by atoms with Gasteiger partial charge in [0.1, 0.15) is 11.6 Å². The minimum atomic E-state index is -0.250. The van der Waals surface area contributed by atoms with Crippen LogP contribution in [-0.2, 0) is 0 Å². The van der Waals surface area contributed by atoms with Gasteiger partial charge in [0.15, 0.2) is 0 Å². The first-order valence-corrected chi connectivity index (χ1v) is 11.2. The van der Waals surface area contributed by atoms with Gasteiger partial charge >= 0.3 is 0 Å². The fourth-order valence-electron chi connectivity index (χ4n) is 3.47. The normalized spacial score (nSPS) is 16.0. The van der Waals surface area contributed by atoms with Crippen LogP contribution in [0, 0.1) is 5.82 Å². The summed E-state index contributed by atoms with van der Waals surface area (Å²) in [4.78, 5) is 6.06. The van der Waals surface area contributed by atoms with Gasteiger partial charge < -0.3 is 4.74 Å². The van der Waals surface area contributed by atoms with Gasteiger partial charge in [-0.15, -0.1) is 22.7 Å². The second kappa shape index (κ2) is 8.01. The molecule has 0 radical (unpaired) electrons. The Morgan fingerprint density at radius 3 is 2.47 bits per heavy atom. The smallest absolute Gasteiger partial charge is 0.207 e. The quantitative estimate of drug-likeness (QED) is 0.365. The van der Waals surface area contributed by atoms with Crippen molar-refractivity contribution in [1.29, 1.82) is 0 Å². The molecule has 30 heavy (non-hydrogen) atoms. The van der Waals surface area contributed by atoms with E-state index in [-0.39, 0.29) is 11.9 Å². The van der Waals surface area contributed by atoms with Crippen molar-refractivity contribution in [2.45, 2.75) is 12.5 Å². The lowest BCUT2D eigenvalue weighted by Crippen LogP contribution is -2.17. The molecule has 1 unspecified atom stereocenters. The first-order valence-electron chi connectivity index (χ1n) is 9.47. The third-order valence-corrected chi connectivity index (χ3v) is 6.84. The molecule has 0 spiro atoms. The Bertz CT molecular complexity index is 1170. The summed E-state index contributed by atoms with van der Waals surface area (Å²) < 4.78 is 18.5. The average molecular weight is 436 g/mol. The molecule has 3 heterocycles. The van der Waals surface area contributed by atoms with Crippen LogP contribution < -0.4 is 9.75 Å². The SMILES string of the molecule is COc1ccc(C2=NN(c3nc(-c4ccc(F)cc4)cs3)C(c3cccs3)C2)cc1. The first-order chi connectivity index (χ1) is 14.7. The van der Waals surface area contributed by atoms with E-state index in [0.717, 1.165) is 39.8 Å². The summed E-state index contributed by atoms with van der Waals surface area (Å²) in [5, 5.41) is 11.9. The Labute approximate surface area is 181 Å². The maximum atomic E-state index is 13.3. The molecule has 0 bridgehead atoms. The maximum Gasteiger partial charge on any atom is 0.207 e. The molecular weight excluding hydrogens is 417 g/mol. The van der Waals surface area contributed by atoms with Gasteiger partial charge in [0.2, 0.25) is 5.13 Å². The van der Waals surface area contributed by atoms with Gasteiger partial charge in [-0.25, -0.2) is 14.4 Å². The number of benzene rings is 2. The molecule has 2 aromatic heterocycles. The summed E-state index contributed by atoms with van der Waals surface area (Å²) in [5.74, 6) is 0.577. The molecule has 5 rings (SSSR count). The van der Waals surface area contributed by atoms with E-state index in [1.807, 2.05) is 34.7 Å². The van der Waals surface area contributed by atoms with Gasteiger partial charge in [-0.2, -0.15) is 5.10 Å². The monoisotopic (exact) mass is 435 g/mol. The Balaban J connectivity index is 1.50. The van der Waals surface area contributed by atoms with E-state index in [4.69, 9.17) is 14.8 Å². The molecule has 0 amide bonds. The summed E-state index contributed by atoms with van der Waals surface area (Å²) in [6.45, 7) is 0. The number of hydrogen-bond donors (Lipinski definition) is 0. The van der Waals surface area contributed by atoms with Gasteiger partial charge in [-0.05, 0) is 65.5 Å². The van der Waals surface area contributed by atoms with Crippen LogP contribution in [0.5, 0.6) is 5.75 Å². The van der Waals surface area contributed by atoms with Gasteiger partial charge in [-0.1, -0.05) is 6.07 Å². The molecule has 0 saturated heterocycles. The largest absolute Gasteiger partial charge is 0.497 e. The standard InChI is InChI=1S/C23H18FN3OS2/c1-28-18-10-6-15(7-11-18)19-13-21(22-3-2-12-29-22)27(26-19)23-25-20(14-30-23)16-4-8-17(24)9-5-16/h2-12,14,21H,13H2,1H3. The van der Waals surface area contributed by atoms with Gasteiger partial charge in [0.05, 0.1) is 24.6 Å². The van der Waals surface area contributed by atoms with Crippen molar-refractivity contribution in [3.8, 4) is 17.0 Å². The fraction of sp³-hybridized carbons (Fsp3) is 0.130. The molecule has 7 heteroatoms. The van der Waals surface area contributed by atoms with Gasteiger partial charge in [-0.3, -0.25) is 0 Å². The summed E-state index contributed by atoms with van der Waals surface area (Å²) in [6, 6.07) is 18.7. The number of anilines is 1. The number of rotatable bonds is 5. The van der Waals surface area contributed by atoms with Crippen molar-refractivity contribution in [2.75, 3.05) is 12.1 Å². The van der Waals surface area contributed by atoms with Gasteiger partial charge in [0, 0.05) is 22.2 Å². The number of hydrogen-bond acceptors (Lipinski definition) is 6. The molecule has 0 N–H and O–H groups in total. The molecule has 150 valence electrons. The Morgan fingerprint density at radius 1 is 1.00 bits per heavy atom. The maximum absolute atomic E-state index is 13.3. The number of aromatic nitrogens is 1. The van der Waals surface area contributed by atoms with Crippen LogP contribution in [0.3, 0.4) is 0 Å². The van der Waals surface area contributed by atoms with E-state index in [2.05, 4.69) is 17.5 Å². The number of thiazole rings is 1. The average Bonchev–Trinajstić information content (AvgIpc) is 3.54. The van der Waals surface area contributed by atoms with E-state index in [0.29, 0.717) is 0 Å². The highest BCUT2D eigenvalue weighted by atomic mass is 32.1. The van der Waals surface area contributed by atoms with E-state index in [1.165, 1.54) is 17.0 Å². The molecule has 0 aliphatic carbocycles. The number of thiophene rings is 1. The molecule has 4 nitrogen and oxygen atoms in total. The second-order valence-electron chi connectivity index (χ2n) is 6.88. The van der Waals surface area contributed by atoms with E-state index < -0.39 is 0 Å². The molecule has 4 aromatic rings. The number of ether oxygens (including phenoxy) is 1. The fourth-order valence-corrected chi connectivity index (χ4v) is 5.11. The highest BCUT2D eigenvalue weighted by Gasteiger charge is 2.32. The minimum absolute atomic E-state index is 0.106. The second-order valence-corrected chi connectivity index (χ2v) is 8.69. The summed E-state index contributed by atoms with van der Waals surface area (Å²) in [6.07, 6.45) is 0.804. The Kier molecular flexibility index (Phi) is 5.06. The molecule has 1 aliphatic heterocycles. The lowest BCUT2D eigenvalue weighted by atomic mass is 10.0. The summed E-state index contributed by atoms with van der Waals surface area (Å²) >= 11 is 3.28. The van der Waals surface area contributed by atoms with Crippen molar-refractivity contribution in [1.82, 2.24) is 4.98 Å². The molecular formula is C23H18FN3OS2. The molecule has 1 aliphatic rings. The van der Waals surface area contributed by atoms with Crippen LogP contribution in [0.1, 0.15) is 22.9 Å². The molecule has 2 aromatic carbocycles. The van der Waals surface area contributed by atoms with Crippen molar-refractivity contribution in [3.63, 3.8) is 0 Å². The predicted molar refractivity (Wildman–Crippen MR) is 121 cm³/mol. The number of methoxy groups -OCH3 is 1. The summed E-state index contributed by atoms with van der Waals surface area (Å²) in [5.41, 5.74) is 3.82. The van der Waals surface area contributed by atoms with Crippen LogP contribution >= 0.6 is 22.7 Å². The first kappa shape index (κ1) is 19.0. The van der Waals surface area contributed by atoms with Crippen LogP contribution in [0.15, 0.2) is 76.5 Å². The highest BCUT2D eigenvalue weighted by molar-refractivity contribution is 7.14. The zero-order chi connectivity index (χ0) is 20.5. The van der Waals surface area contributed by atoms with E-state index >= 15 is 0 Å². The minimum Gasteiger partial charge on any atom is -0.497 e. The third-order valence-electron chi connectivity index (χ3n) is 5.03. The van der Waals surface area contributed by atoms with E-state index in [9.17, 15) is 4.39 Å². The highest BCUT2D eigenvalue weighted by Crippen LogP contribution is 2.40. The lowest BCUT2D eigenvalue weighted by molar-refractivity contribution is 0.415. The van der Waals surface area contributed by atoms with Crippen molar-refractivity contribution < 1.29 is 9.13 Å². The van der Waals surface area contributed by atoms with Crippen molar-refractivity contribution >= 4 is 33.5 Å². The topological polar surface area (TPSA) is 37.7 Å².